The van der Waals surface area contributed by atoms with Gasteiger partial charge in [-0.15, -0.1) is 0 Å². The molecule has 1 N–H and O–H groups in total. The SMILES string of the molecule is CC(C)(C)N(C(=O)O)C1(CI)CC1. The quantitative estimate of drug-likeness (QED) is 0.629. The largest absolute Gasteiger partial charge is 0.465 e. The molecule has 13 heavy (non-hydrogen) atoms. The highest BCUT2D eigenvalue weighted by molar-refractivity contribution is 14.1. The van der Waals surface area contributed by atoms with E-state index in [0.29, 0.717) is 0 Å². The van der Waals surface area contributed by atoms with E-state index in [1.54, 1.807) is 4.90 Å². The lowest BCUT2D eigenvalue weighted by Gasteiger charge is -2.39. The van der Waals surface area contributed by atoms with Crippen molar-refractivity contribution in [3.63, 3.8) is 0 Å². The molecule has 76 valence electrons. The van der Waals surface area contributed by atoms with Crippen LogP contribution in [-0.4, -0.2) is 31.6 Å². The molecule has 0 radical (unpaired) electrons. The number of hydrogen-bond donors (Lipinski definition) is 1. The van der Waals surface area contributed by atoms with Crippen molar-refractivity contribution in [1.29, 1.82) is 0 Å². The first-order valence-electron chi connectivity index (χ1n) is 4.43. The van der Waals surface area contributed by atoms with Crippen LogP contribution in [0.2, 0.25) is 0 Å². The topological polar surface area (TPSA) is 40.5 Å². The van der Waals surface area contributed by atoms with Crippen LogP contribution in [0.3, 0.4) is 0 Å². The number of alkyl halides is 1. The summed E-state index contributed by atoms with van der Waals surface area (Å²) >= 11 is 2.28. The van der Waals surface area contributed by atoms with E-state index in [1.807, 2.05) is 20.8 Å². The summed E-state index contributed by atoms with van der Waals surface area (Å²) in [6.07, 6.45) is 1.24. The van der Waals surface area contributed by atoms with Crippen molar-refractivity contribution in [3.8, 4) is 0 Å². The number of rotatable bonds is 2. The van der Waals surface area contributed by atoms with Gasteiger partial charge in [-0.3, -0.25) is 4.90 Å². The first-order valence-corrected chi connectivity index (χ1v) is 5.95. The Morgan fingerprint density at radius 1 is 1.54 bits per heavy atom. The second kappa shape index (κ2) is 3.29. The second-order valence-corrected chi connectivity index (χ2v) is 5.41. The summed E-state index contributed by atoms with van der Waals surface area (Å²) in [6, 6.07) is 0. The Kier molecular flexibility index (Phi) is 2.81. The van der Waals surface area contributed by atoms with Gasteiger partial charge in [-0.2, -0.15) is 0 Å². The minimum atomic E-state index is -0.790. The van der Waals surface area contributed by atoms with Gasteiger partial charge >= 0.3 is 6.09 Å². The molecule has 0 aromatic carbocycles. The summed E-state index contributed by atoms with van der Waals surface area (Å²) in [5.74, 6) is 0. The molecule has 1 aliphatic carbocycles. The van der Waals surface area contributed by atoms with Crippen molar-refractivity contribution in [2.24, 2.45) is 0 Å². The minimum Gasteiger partial charge on any atom is -0.465 e. The summed E-state index contributed by atoms with van der Waals surface area (Å²) in [7, 11) is 0. The third kappa shape index (κ3) is 2.08. The molecule has 0 saturated heterocycles. The number of halogens is 1. The monoisotopic (exact) mass is 297 g/mol. The van der Waals surface area contributed by atoms with Crippen molar-refractivity contribution in [2.75, 3.05) is 4.43 Å². The Labute approximate surface area is 92.6 Å². The highest BCUT2D eigenvalue weighted by Crippen LogP contribution is 2.46. The molecule has 0 aromatic heterocycles. The van der Waals surface area contributed by atoms with Gasteiger partial charge in [-0.05, 0) is 33.6 Å². The molecule has 1 rings (SSSR count). The average molecular weight is 297 g/mol. The highest BCUT2D eigenvalue weighted by Gasteiger charge is 2.53. The van der Waals surface area contributed by atoms with Crippen LogP contribution in [0.4, 0.5) is 4.79 Å². The third-order valence-corrected chi connectivity index (χ3v) is 3.83. The molecule has 0 aliphatic heterocycles. The van der Waals surface area contributed by atoms with Crippen molar-refractivity contribution < 1.29 is 9.90 Å². The van der Waals surface area contributed by atoms with Crippen LogP contribution in [0.1, 0.15) is 33.6 Å². The molecule has 1 amide bonds. The first-order chi connectivity index (χ1) is 5.83. The summed E-state index contributed by atoms with van der Waals surface area (Å²) in [6.45, 7) is 5.86. The van der Waals surface area contributed by atoms with Crippen LogP contribution < -0.4 is 0 Å². The smallest absolute Gasteiger partial charge is 0.408 e. The van der Waals surface area contributed by atoms with Gasteiger partial charge in [0, 0.05) is 9.97 Å². The van der Waals surface area contributed by atoms with Crippen molar-refractivity contribution in [1.82, 2.24) is 4.90 Å². The van der Waals surface area contributed by atoms with Crippen molar-refractivity contribution in [2.45, 2.75) is 44.7 Å². The highest BCUT2D eigenvalue weighted by atomic mass is 127. The van der Waals surface area contributed by atoms with Crippen molar-refractivity contribution >= 4 is 28.7 Å². The Bertz CT molecular complexity index is 218. The standard InChI is InChI=1S/C9H16INO2/c1-8(2,3)11(7(12)13)9(6-10)4-5-9/h4-6H2,1-3H3,(H,12,13). The molecule has 0 heterocycles. The molecule has 1 fully saturated rings. The number of carboxylic acid groups (broad SMARTS) is 1. The fraction of sp³-hybridized carbons (Fsp3) is 0.889. The summed E-state index contributed by atoms with van der Waals surface area (Å²) in [5, 5.41) is 9.14. The van der Waals surface area contributed by atoms with Gasteiger partial charge in [0.1, 0.15) is 0 Å². The van der Waals surface area contributed by atoms with Crippen LogP contribution in [0.25, 0.3) is 0 Å². The van der Waals surface area contributed by atoms with Crippen molar-refractivity contribution in [3.05, 3.63) is 0 Å². The molecular weight excluding hydrogens is 281 g/mol. The molecule has 3 nitrogen and oxygen atoms in total. The predicted molar refractivity (Wildman–Crippen MR) is 60.5 cm³/mol. The summed E-state index contributed by atoms with van der Waals surface area (Å²) in [5.41, 5.74) is -0.349. The average Bonchev–Trinajstić information content (AvgIpc) is 2.65. The number of nitrogens with zero attached hydrogens (tertiary/aromatic N) is 1. The van der Waals surface area contributed by atoms with Crippen LogP contribution in [-0.2, 0) is 0 Å². The van der Waals surface area contributed by atoms with Crippen LogP contribution in [0.5, 0.6) is 0 Å². The summed E-state index contributed by atoms with van der Waals surface area (Å²) < 4.78 is 0.897. The van der Waals surface area contributed by atoms with Crippen LogP contribution >= 0.6 is 22.6 Å². The lowest BCUT2D eigenvalue weighted by Crippen LogP contribution is -2.53. The fourth-order valence-corrected chi connectivity index (χ4v) is 2.87. The molecule has 0 aromatic rings. The maximum Gasteiger partial charge on any atom is 0.408 e. The van der Waals surface area contributed by atoms with E-state index in [2.05, 4.69) is 22.6 Å². The molecule has 0 bridgehead atoms. The van der Waals surface area contributed by atoms with E-state index in [0.717, 1.165) is 17.3 Å². The van der Waals surface area contributed by atoms with E-state index in [-0.39, 0.29) is 11.1 Å². The zero-order valence-electron chi connectivity index (χ0n) is 8.30. The predicted octanol–water partition coefficient (Wildman–Crippen LogP) is 2.73. The Morgan fingerprint density at radius 2 is 2.00 bits per heavy atom. The molecule has 0 atom stereocenters. The van der Waals surface area contributed by atoms with Gasteiger partial charge in [0.15, 0.2) is 0 Å². The van der Waals surface area contributed by atoms with Crippen LogP contribution in [0.15, 0.2) is 0 Å². The number of carbonyl (C=O) groups is 1. The lowest BCUT2D eigenvalue weighted by atomic mass is 10.0. The Morgan fingerprint density at radius 3 is 2.08 bits per heavy atom. The fourth-order valence-electron chi connectivity index (χ4n) is 1.76. The van der Waals surface area contributed by atoms with E-state index in [4.69, 9.17) is 5.11 Å². The Hall–Kier alpha value is 0. The van der Waals surface area contributed by atoms with Gasteiger partial charge < -0.3 is 5.11 Å². The van der Waals surface area contributed by atoms with Gasteiger partial charge in [-0.25, -0.2) is 4.79 Å². The molecule has 1 aliphatic rings. The molecule has 0 unspecified atom stereocenters. The minimum absolute atomic E-state index is 0.0648. The van der Waals surface area contributed by atoms with E-state index >= 15 is 0 Å². The third-order valence-electron chi connectivity index (χ3n) is 2.41. The zero-order valence-corrected chi connectivity index (χ0v) is 10.5. The Balaban J connectivity index is 2.87. The molecule has 0 spiro atoms. The first kappa shape index (κ1) is 11.1. The maximum atomic E-state index is 11.1. The van der Waals surface area contributed by atoms with E-state index < -0.39 is 6.09 Å². The van der Waals surface area contributed by atoms with E-state index in [9.17, 15) is 4.79 Å². The zero-order chi connectivity index (χ0) is 10.3. The maximum absolute atomic E-state index is 11.1. The molecule has 4 heteroatoms. The van der Waals surface area contributed by atoms with Gasteiger partial charge in [0.25, 0.3) is 0 Å². The van der Waals surface area contributed by atoms with Gasteiger partial charge in [0.2, 0.25) is 0 Å². The number of hydrogen-bond acceptors (Lipinski definition) is 1. The molecule has 1 saturated carbocycles. The second-order valence-electron chi connectivity index (χ2n) is 4.65. The van der Waals surface area contributed by atoms with E-state index in [1.165, 1.54) is 0 Å². The molecular formula is C9H16INO2. The van der Waals surface area contributed by atoms with Crippen LogP contribution in [0, 0.1) is 0 Å². The lowest BCUT2D eigenvalue weighted by molar-refractivity contribution is 0.0695. The summed E-state index contributed by atoms with van der Waals surface area (Å²) in [4.78, 5) is 12.7. The van der Waals surface area contributed by atoms with Gasteiger partial charge in [0.05, 0.1) is 5.54 Å². The number of amides is 1. The normalized spacial score (nSPS) is 19.7. The van der Waals surface area contributed by atoms with Gasteiger partial charge in [-0.1, -0.05) is 22.6 Å².